The second-order valence-electron chi connectivity index (χ2n) is 3.46. The molecular formula is C10H11ClF5N. The van der Waals surface area contributed by atoms with Crippen molar-refractivity contribution in [2.45, 2.75) is 25.1 Å². The Hall–Kier alpha value is -0.880. The highest BCUT2D eigenvalue weighted by molar-refractivity contribution is 5.85. The molecule has 0 saturated heterocycles. The third kappa shape index (κ3) is 5.83. The van der Waals surface area contributed by atoms with E-state index >= 15 is 0 Å². The van der Waals surface area contributed by atoms with Crippen LogP contribution in [0.3, 0.4) is 0 Å². The molecule has 0 bridgehead atoms. The number of nitrogens with two attached hydrogens (primary N) is 1. The number of hydrogen-bond donors (Lipinski definition) is 1. The lowest BCUT2D eigenvalue weighted by Gasteiger charge is -2.13. The molecule has 0 heterocycles. The Morgan fingerprint density at radius 1 is 1.06 bits per heavy atom. The number of hydrogen-bond acceptors (Lipinski definition) is 1. The van der Waals surface area contributed by atoms with Crippen molar-refractivity contribution in [2.24, 2.45) is 5.73 Å². The van der Waals surface area contributed by atoms with Crippen molar-refractivity contribution in [3.8, 4) is 0 Å². The third-order valence-corrected chi connectivity index (χ3v) is 2.05. The molecule has 0 fully saturated rings. The molecule has 1 rings (SSSR count). The fourth-order valence-electron chi connectivity index (χ4n) is 1.28. The van der Waals surface area contributed by atoms with Gasteiger partial charge in [0.2, 0.25) is 0 Å². The summed E-state index contributed by atoms with van der Waals surface area (Å²) in [7, 11) is 0. The Labute approximate surface area is 101 Å². The van der Waals surface area contributed by atoms with E-state index in [1.165, 1.54) is 0 Å². The molecule has 0 radical (unpaired) electrons. The molecule has 0 aliphatic carbocycles. The van der Waals surface area contributed by atoms with Crippen molar-refractivity contribution in [3.05, 3.63) is 35.4 Å². The Morgan fingerprint density at radius 3 is 1.94 bits per heavy atom. The monoisotopic (exact) mass is 275 g/mol. The predicted molar refractivity (Wildman–Crippen MR) is 55.8 cm³/mol. The molecule has 7 heteroatoms. The predicted octanol–water partition coefficient (Wildman–Crippen LogP) is 3.73. The van der Waals surface area contributed by atoms with Gasteiger partial charge in [0.05, 0.1) is 0 Å². The standard InChI is InChI=1S/C10H10F5N.ClH/c11-7-3-6(4-8(12)5-7)9(16)1-2-10(13,14)15;/h3-5,9H,1-2,16H2;1H/t9-;/m0./s1. The van der Waals surface area contributed by atoms with Gasteiger partial charge in [-0.1, -0.05) is 0 Å². The number of halogens is 6. The summed E-state index contributed by atoms with van der Waals surface area (Å²) in [6.45, 7) is 0. The minimum atomic E-state index is -4.32. The van der Waals surface area contributed by atoms with Crippen molar-refractivity contribution in [2.75, 3.05) is 0 Å². The summed E-state index contributed by atoms with van der Waals surface area (Å²) in [4.78, 5) is 0. The van der Waals surface area contributed by atoms with E-state index in [0.29, 0.717) is 6.07 Å². The zero-order chi connectivity index (χ0) is 12.3. The van der Waals surface area contributed by atoms with Gasteiger partial charge in [-0.05, 0) is 24.1 Å². The molecule has 98 valence electrons. The maximum absolute atomic E-state index is 12.7. The topological polar surface area (TPSA) is 26.0 Å². The first-order chi connectivity index (χ1) is 7.28. The fourth-order valence-corrected chi connectivity index (χ4v) is 1.28. The molecule has 0 saturated carbocycles. The summed E-state index contributed by atoms with van der Waals surface area (Å²) in [6.07, 6.45) is -5.79. The van der Waals surface area contributed by atoms with Gasteiger partial charge in [0.25, 0.3) is 0 Å². The maximum Gasteiger partial charge on any atom is 0.389 e. The van der Waals surface area contributed by atoms with Crippen LogP contribution in [0.1, 0.15) is 24.4 Å². The van der Waals surface area contributed by atoms with E-state index in [4.69, 9.17) is 5.73 Å². The van der Waals surface area contributed by atoms with Gasteiger partial charge in [-0.2, -0.15) is 13.2 Å². The van der Waals surface area contributed by atoms with Crippen LogP contribution >= 0.6 is 12.4 Å². The molecule has 0 unspecified atom stereocenters. The molecule has 0 aliphatic heterocycles. The van der Waals surface area contributed by atoms with Gasteiger partial charge < -0.3 is 5.73 Å². The van der Waals surface area contributed by atoms with Crippen molar-refractivity contribution >= 4 is 12.4 Å². The summed E-state index contributed by atoms with van der Waals surface area (Å²) in [6, 6.07) is 1.49. The summed E-state index contributed by atoms with van der Waals surface area (Å²) < 4.78 is 61.1. The van der Waals surface area contributed by atoms with E-state index in [1.54, 1.807) is 0 Å². The number of benzene rings is 1. The lowest BCUT2D eigenvalue weighted by molar-refractivity contribution is -0.136. The van der Waals surface area contributed by atoms with Crippen LogP contribution in [0.2, 0.25) is 0 Å². The van der Waals surface area contributed by atoms with Crippen molar-refractivity contribution in [1.82, 2.24) is 0 Å². The van der Waals surface area contributed by atoms with Crippen LogP contribution in [-0.2, 0) is 0 Å². The summed E-state index contributed by atoms with van der Waals surface area (Å²) in [5.41, 5.74) is 5.44. The van der Waals surface area contributed by atoms with Gasteiger partial charge in [0.1, 0.15) is 11.6 Å². The highest BCUT2D eigenvalue weighted by Crippen LogP contribution is 2.26. The molecule has 1 atom stereocenters. The first-order valence-electron chi connectivity index (χ1n) is 4.56. The average molecular weight is 276 g/mol. The van der Waals surface area contributed by atoms with Gasteiger partial charge in [0, 0.05) is 18.5 Å². The maximum atomic E-state index is 12.7. The molecule has 2 N–H and O–H groups in total. The average Bonchev–Trinajstić information content (AvgIpc) is 2.11. The van der Waals surface area contributed by atoms with E-state index in [0.717, 1.165) is 12.1 Å². The smallest absolute Gasteiger partial charge is 0.324 e. The van der Waals surface area contributed by atoms with Crippen LogP contribution < -0.4 is 5.73 Å². The highest BCUT2D eigenvalue weighted by Gasteiger charge is 2.27. The van der Waals surface area contributed by atoms with E-state index in [2.05, 4.69) is 0 Å². The van der Waals surface area contributed by atoms with Gasteiger partial charge >= 0.3 is 6.18 Å². The van der Waals surface area contributed by atoms with Crippen LogP contribution in [0.5, 0.6) is 0 Å². The quantitative estimate of drug-likeness (QED) is 0.836. The SMILES string of the molecule is Cl.N[C@@H](CCC(F)(F)F)c1cc(F)cc(F)c1. The molecule has 0 spiro atoms. The first-order valence-corrected chi connectivity index (χ1v) is 4.56. The second kappa shape index (κ2) is 6.16. The van der Waals surface area contributed by atoms with Gasteiger partial charge in [0.15, 0.2) is 0 Å². The Balaban J connectivity index is 0.00000256. The zero-order valence-corrected chi connectivity index (χ0v) is 9.42. The fraction of sp³-hybridized carbons (Fsp3) is 0.400. The van der Waals surface area contributed by atoms with Crippen LogP contribution in [-0.4, -0.2) is 6.18 Å². The Kier molecular flexibility index (Phi) is 5.84. The molecule has 1 aromatic carbocycles. The third-order valence-electron chi connectivity index (χ3n) is 2.05. The van der Waals surface area contributed by atoms with Crippen molar-refractivity contribution < 1.29 is 22.0 Å². The largest absolute Gasteiger partial charge is 0.389 e. The van der Waals surface area contributed by atoms with Crippen LogP contribution in [0.25, 0.3) is 0 Å². The van der Waals surface area contributed by atoms with Crippen molar-refractivity contribution in [1.29, 1.82) is 0 Å². The highest BCUT2D eigenvalue weighted by atomic mass is 35.5. The first kappa shape index (κ1) is 16.1. The van der Waals surface area contributed by atoms with E-state index in [-0.39, 0.29) is 18.0 Å². The summed E-state index contributed by atoms with van der Waals surface area (Å²) in [5, 5.41) is 0. The second-order valence-corrected chi connectivity index (χ2v) is 3.46. The van der Waals surface area contributed by atoms with Crippen molar-refractivity contribution in [3.63, 3.8) is 0 Å². The number of alkyl halides is 3. The molecule has 1 nitrogen and oxygen atoms in total. The number of rotatable bonds is 3. The normalized spacial score (nSPS) is 13.1. The lowest BCUT2D eigenvalue weighted by atomic mass is 10.0. The van der Waals surface area contributed by atoms with Gasteiger partial charge in [-0.15, -0.1) is 12.4 Å². The minimum Gasteiger partial charge on any atom is -0.324 e. The van der Waals surface area contributed by atoms with Crippen LogP contribution in [0, 0.1) is 11.6 Å². The molecule has 0 aliphatic rings. The summed E-state index contributed by atoms with van der Waals surface area (Å²) in [5.74, 6) is -1.70. The van der Waals surface area contributed by atoms with E-state index < -0.39 is 36.7 Å². The van der Waals surface area contributed by atoms with E-state index in [1.807, 2.05) is 0 Å². The molecule has 0 amide bonds. The Bertz CT molecular complexity index is 346. The molecule has 1 aromatic rings. The Morgan fingerprint density at radius 2 is 1.53 bits per heavy atom. The van der Waals surface area contributed by atoms with Crippen LogP contribution in [0.4, 0.5) is 22.0 Å². The van der Waals surface area contributed by atoms with Crippen LogP contribution in [0.15, 0.2) is 18.2 Å². The summed E-state index contributed by atoms with van der Waals surface area (Å²) >= 11 is 0. The molecule has 17 heavy (non-hydrogen) atoms. The molecular weight excluding hydrogens is 265 g/mol. The zero-order valence-electron chi connectivity index (χ0n) is 8.60. The van der Waals surface area contributed by atoms with E-state index in [9.17, 15) is 22.0 Å². The van der Waals surface area contributed by atoms with Gasteiger partial charge in [-0.3, -0.25) is 0 Å². The van der Waals surface area contributed by atoms with Gasteiger partial charge in [-0.25, -0.2) is 8.78 Å². The minimum absolute atomic E-state index is 0. The lowest BCUT2D eigenvalue weighted by Crippen LogP contribution is -2.16. The molecule has 0 aromatic heterocycles.